The van der Waals surface area contributed by atoms with Gasteiger partial charge in [0.2, 0.25) is 4.38 Å². The molecular weight excluding hydrogens is 286 g/mol. The Morgan fingerprint density at radius 2 is 2.37 bits per heavy atom. The van der Waals surface area contributed by atoms with Crippen molar-refractivity contribution in [2.24, 2.45) is 0 Å². The van der Waals surface area contributed by atoms with Crippen LogP contribution in [-0.2, 0) is 20.8 Å². The highest BCUT2D eigenvalue weighted by Gasteiger charge is 2.19. The molecule has 2 rings (SSSR count). The Morgan fingerprint density at radius 3 is 3.05 bits per heavy atom. The Balaban J connectivity index is 1.86. The highest BCUT2D eigenvalue weighted by Crippen LogP contribution is 2.28. The summed E-state index contributed by atoms with van der Waals surface area (Å²) in [5, 5.41) is 8.31. The molecule has 2 heterocycles. The third-order valence-corrected chi connectivity index (χ3v) is 3.85. The van der Waals surface area contributed by atoms with Gasteiger partial charge in [0.1, 0.15) is 0 Å². The number of hydrogen-bond acceptors (Lipinski definition) is 7. The van der Waals surface area contributed by atoms with Crippen LogP contribution in [0.25, 0.3) is 0 Å². The summed E-state index contributed by atoms with van der Waals surface area (Å²) in [4.78, 5) is 0. The molecule has 1 saturated heterocycles. The topological polar surface area (TPSA) is 58.4 Å². The largest absolute Gasteiger partial charge is 0.479 e. The van der Waals surface area contributed by atoms with Crippen LogP contribution in [0.3, 0.4) is 0 Å². The van der Waals surface area contributed by atoms with Crippen LogP contribution < -0.4 is 0 Å². The van der Waals surface area contributed by atoms with Crippen molar-refractivity contribution in [3.8, 4) is 0 Å². The molecule has 0 aliphatic carbocycles. The number of ether oxygens (including phenoxy) is 3. The molecule has 0 aromatic carbocycles. The Bertz CT molecular complexity index is 421. The minimum Gasteiger partial charge on any atom is -0.479 e. The minimum atomic E-state index is -0.220. The van der Waals surface area contributed by atoms with Crippen LogP contribution in [0.15, 0.2) is 6.20 Å². The number of thioether (sulfide) groups is 1. The van der Waals surface area contributed by atoms with E-state index in [0.717, 1.165) is 5.69 Å². The zero-order valence-corrected chi connectivity index (χ0v) is 12.6. The van der Waals surface area contributed by atoms with Crippen LogP contribution in [0.1, 0.15) is 24.8 Å². The molecule has 1 aliphatic heterocycles. The summed E-state index contributed by atoms with van der Waals surface area (Å²) < 4.78 is 18.2. The van der Waals surface area contributed by atoms with E-state index in [-0.39, 0.29) is 11.5 Å². The van der Waals surface area contributed by atoms with Crippen molar-refractivity contribution in [2.75, 3.05) is 19.8 Å². The molecule has 0 bridgehead atoms. The predicted molar refractivity (Wildman–Crippen MR) is 75.9 cm³/mol. The van der Waals surface area contributed by atoms with Gasteiger partial charge in [0.25, 0.3) is 0 Å². The Hall–Kier alpha value is -0.700. The molecule has 1 aromatic heterocycles. The Labute approximate surface area is 121 Å². The maximum absolute atomic E-state index is 5.37. The number of hydrogen-bond donors (Lipinski definition) is 0. The second-order valence-electron chi connectivity index (χ2n) is 3.98. The first kappa shape index (κ1) is 14.7. The van der Waals surface area contributed by atoms with Gasteiger partial charge in [-0.05, 0) is 26.1 Å². The fraction of sp³-hybridized carbons (Fsp3) is 0.727. The van der Waals surface area contributed by atoms with Gasteiger partial charge >= 0.3 is 0 Å². The first-order valence-electron chi connectivity index (χ1n) is 6.15. The molecule has 106 valence electrons. The summed E-state index contributed by atoms with van der Waals surface area (Å²) in [6, 6.07) is 0. The lowest BCUT2D eigenvalue weighted by molar-refractivity contribution is -0.0548. The van der Waals surface area contributed by atoms with Crippen molar-refractivity contribution in [3.05, 3.63) is 11.9 Å². The summed E-state index contributed by atoms with van der Waals surface area (Å²) in [7, 11) is 0. The van der Waals surface area contributed by atoms with Crippen LogP contribution in [0.4, 0.5) is 0 Å². The van der Waals surface area contributed by atoms with Gasteiger partial charge in [0.05, 0.1) is 37.3 Å². The van der Waals surface area contributed by atoms with Crippen molar-refractivity contribution in [2.45, 2.75) is 31.9 Å². The van der Waals surface area contributed by atoms with Crippen molar-refractivity contribution < 1.29 is 14.2 Å². The standard InChI is InChI=1S/C11H17N3O3S2/c1-3-15-11(18)19-8(2)9-6-14(13-12-9)7-10-16-4-5-17-10/h6,8,10H,3-5,7H2,1-2H3. The molecule has 0 N–H and O–H groups in total. The molecule has 6 nitrogen and oxygen atoms in total. The van der Waals surface area contributed by atoms with Gasteiger partial charge in [-0.15, -0.1) is 5.10 Å². The monoisotopic (exact) mass is 303 g/mol. The van der Waals surface area contributed by atoms with E-state index in [9.17, 15) is 0 Å². The Kier molecular flexibility index (Phi) is 5.56. The third-order valence-electron chi connectivity index (χ3n) is 2.54. The maximum Gasteiger partial charge on any atom is 0.220 e. The average molecular weight is 303 g/mol. The molecule has 1 unspecified atom stereocenters. The molecule has 1 atom stereocenters. The van der Waals surface area contributed by atoms with Crippen molar-refractivity contribution in [1.29, 1.82) is 0 Å². The van der Waals surface area contributed by atoms with E-state index >= 15 is 0 Å². The number of rotatable bonds is 5. The summed E-state index contributed by atoms with van der Waals surface area (Å²) in [5.74, 6) is 0. The highest BCUT2D eigenvalue weighted by atomic mass is 32.2. The summed E-state index contributed by atoms with van der Waals surface area (Å²) >= 11 is 6.56. The van der Waals surface area contributed by atoms with Gasteiger partial charge in [-0.3, -0.25) is 0 Å². The number of nitrogens with zero attached hydrogens (tertiary/aromatic N) is 3. The van der Waals surface area contributed by atoms with E-state index < -0.39 is 0 Å². The zero-order chi connectivity index (χ0) is 13.7. The molecule has 0 spiro atoms. The van der Waals surface area contributed by atoms with E-state index in [4.69, 9.17) is 26.4 Å². The second-order valence-corrected chi connectivity index (χ2v) is 5.92. The van der Waals surface area contributed by atoms with Crippen LogP contribution in [0.2, 0.25) is 0 Å². The minimum absolute atomic E-state index is 0.109. The Morgan fingerprint density at radius 1 is 1.63 bits per heavy atom. The molecule has 0 saturated carbocycles. The van der Waals surface area contributed by atoms with E-state index in [2.05, 4.69) is 10.3 Å². The number of thiocarbonyl (C=S) groups is 1. The average Bonchev–Trinajstić information content (AvgIpc) is 3.01. The third kappa shape index (κ3) is 4.41. The SMILES string of the molecule is CCOC(=S)SC(C)c1cn(CC2OCCO2)nn1. The fourth-order valence-electron chi connectivity index (χ4n) is 1.61. The van der Waals surface area contributed by atoms with Crippen LogP contribution in [0, 0.1) is 0 Å². The smallest absolute Gasteiger partial charge is 0.220 e. The molecule has 1 aromatic rings. The first-order valence-corrected chi connectivity index (χ1v) is 7.44. The first-order chi connectivity index (χ1) is 9.19. The van der Waals surface area contributed by atoms with Crippen LogP contribution >= 0.6 is 24.0 Å². The maximum atomic E-state index is 5.37. The summed E-state index contributed by atoms with van der Waals surface area (Å²) in [6.07, 6.45) is 1.67. The van der Waals surface area contributed by atoms with Crippen molar-refractivity contribution in [3.63, 3.8) is 0 Å². The van der Waals surface area contributed by atoms with Gasteiger partial charge in [-0.25, -0.2) is 4.68 Å². The fourth-order valence-corrected chi connectivity index (χ4v) is 2.87. The van der Waals surface area contributed by atoms with Gasteiger partial charge in [0, 0.05) is 6.20 Å². The predicted octanol–water partition coefficient (Wildman–Crippen LogP) is 1.77. The normalized spacial score (nSPS) is 17.6. The zero-order valence-electron chi connectivity index (χ0n) is 10.9. The molecule has 19 heavy (non-hydrogen) atoms. The van der Waals surface area contributed by atoms with Gasteiger partial charge in [0.15, 0.2) is 6.29 Å². The van der Waals surface area contributed by atoms with Gasteiger partial charge < -0.3 is 14.2 Å². The second kappa shape index (κ2) is 7.18. The quantitative estimate of drug-likeness (QED) is 0.768. The number of aromatic nitrogens is 3. The highest BCUT2D eigenvalue weighted by molar-refractivity contribution is 8.22. The van der Waals surface area contributed by atoms with Crippen LogP contribution in [-0.4, -0.2) is 45.5 Å². The molecule has 1 aliphatic rings. The van der Waals surface area contributed by atoms with E-state index in [1.54, 1.807) is 4.68 Å². The van der Waals surface area contributed by atoms with E-state index in [1.807, 2.05) is 20.0 Å². The van der Waals surface area contributed by atoms with Gasteiger partial charge in [-0.2, -0.15) is 0 Å². The van der Waals surface area contributed by atoms with Crippen molar-refractivity contribution >= 4 is 28.4 Å². The molecule has 0 radical (unpaired) electrons. The molecule has 8 heteroatoms. The lowest BCUT2D eigenvalue weighted by Gasteiger charge is -2.09. The lowest BCUT2D eigenvalue weighted by atomic mass is 10.4. The van der Waals surface area contributed by atoms with Gasteiger partial charge in [-0.1, -0.05) is 17.0 Å². The lowest BCUT2D eigenvalue weighted by Crippen LogP contribution is -2.17. The van der Waals surface area contributed by atoms with E-state index in [1.165, 1.54) is 11.8 Å². The molecular formula is C11H17N3O3S2. The molecule has 1 fully saturated rings. The van der Waals surface area contributed by atoms with E-state index in [0.29, 0.717) is 30.7 Å². The van der Waals surface area contributed by atoms with Crippen LogP contribution in [0.5, 0.6) is 0 Å². The summed E-state index contributed by atoms with van der Waals surface area (Å²) in [5.41, 5.74) is 0.866. The molecule has 0 amide bonds. The van der Waals surface area contributed by atoms with Crippen molar-refractivity contribution in [1.82, 2.24) is 15.0 Å². The summed E-state index contributed by atoms with van der Waals surface area (Å²) in [6.45, 7) is 6.35.